The number of benzene rings is 1. The molecule has 2 N–H and O–H groups in total. The number of anilines is 1. The van der Waals surface area contributed by atoms with Crippen LogP contribution in [-0.4, -0.2) is 28.1 Å². The molecule has 1 aromatic carbocycles. The zero-order valence-corrected chi connectivity index (χ0v) is 13.1. The van der Waals surface area contributed by atoms with Gasteiger partial charge >= 0.3 is 0 Å². The van der Waals surface area contributed by atoms with Crippen molar-refractivity contribution in [3.05, 3.63) is 28.2 Å². The number of aliphatic hydroxyl groups excluding tert-OH is 1. The molecule has 1 aromatic rings. The molecule has 0 bridgehead atoms. The van der Waals surface area contributed by atoms with E-state index in [0.717, 1.165) is 0 Å². The van der Waals surface area contributed by atoms with Gasteiger partial charge in [0.25, 0.3) is 0 Å². The second-order valence-corrected chi connectivity index (χ2v) is 6.51. The van der Waals surface area contributed by atoms with Crippen LogP contribution in [0.4, 0.5) is 5.69 Å². The summed E-state index contributed by atoms with van der Waals surface area (Å²) in [5, 5.41) is 13.0. The number of carbonyl (C=O) groups is 1. The summed E-state index contributed by atoms with van der Waals surface area (Å²) in [7, 11) is 0. The van der Waals surface area contributed by atoms with Crippen molar-refractivity contribution >= 4 is 46.6 Å². The Balaban J connectivity index is 2.44. The molecule has 0 aliphatic rings. The van der Waals surface area contributed by atoms with Crippen LogP contribution in [0.25, 0.3) is 0 Å². The number of halogens is 2. The maximum Gasteiger partial charge on any atom is 0.225 e. The first-order valence-electron chi connectivity index (χ1n) is 5.95. The summed E-state index contributed by atoms with van der Waals surface area (Å²) < 4.78 is 0. The highest BCUT2D eigenvalue weighted by Gasteiger charge is 2.12. The Bertz CT molecular complexity index is 420. The minimum Gasteiger partial charge on any atom is -0.392 e. The Morgan fingerprint density at radius 3 is 2.47 bits per heavy atom. The average Bonchev–Trinajstić information content (AvgIpc) is 2.33. The monoisotopic (exact) mass is 321 g/mol. The molecule has 106 valence electrons. The van der Waals surface area contributed by atoms with Gasteiger partial charge in [-0.25, -0.2) is 0 Å². The minimum absolute atomic E-state index is 0.108. The molecule has 0 saturated carbocycles. The second kappa shape index (κ2) is 8.00. The zero-order valence-electron chi connectivity index (χ0n) is 10.8. The summed E-state index contributed by atoms with van der Waals surface area (Å²) in [4.78, 5) is 11.8. The summed E-state index contributed by atoms with van der Waals surface area (Å²) in [6.07, 6.45) is -0.0328. The highest BCUT2D eigenvalue weighted by molar-refractivity contribution is 7.99. The minimum atomic E-state index is -0.383. The number of rotatable bonds is 6. The average molecular weight is 322 g/mol. The lowest BCUT2D eigenvalue weighted by molar-refractivity contribution is -0.115. The maximum atomic E-state index is 11.8. The molecule has 2 atom stereocenters. The van der Waals surface area contributed by atoms with Crippen LogP contribution in [0.1, 0.15) is 20.3 Å². The van der Waals surface area contributed by atoms with Gasteiger partial charge in [-0.05, 0) is 19.1 Å². The van der Waals surface area contributed by atoms with Crippen LogP contribution in [-0.2, 0) is 4.79 Å². The SMILES string of the molecule is CC(O)C(C)SCCC(=O)Nc1c(Cl)cccc1Cl. The molecule has 0 radical (unpaired) electrons. The number of para-hydroxylation sites is 1. The van der Waals surface area contributed by atoms with Crippen molar-refractivity contribution in [2.24, 2.45) is 0 Å². The van der Waals surface area contributed by atoms with E-state index in [9.17, 15) is 9.90 Å². The van der Waals surface area contributed by atoms with Gasteiger partial charge in [-0.2, -0.15) is 11.8 Å². The van der Waals surface area contributed by atoms with Crippen LogP contribution in [0.2, 0.25) is 10.0 Å². The molecule has 0 aliphatic carbocycles. The molecular formula is C13H17Cl2NO2S. The van der Waals surface area contributed by atoms with E-state index in [4.69, 9.17) is 23.2 Å². The van der Waals surface area contributed by atoms with Gasteiger partial charge in [-0.1, -0.05) is 36.2 Å². The van der Waals surface area contributed by atoms with Crippen molar-refractivity contribution in [2.45, 2.75) is 31.6 Å². The summed E-state index contributed by atoms with van der Waals surface area (Å²) in [5.41, 5.74) is 0.449. The van der Waals surface area contributed by atoms with Crippen molar-refractivity contribution in [1.82, 2.24) is 0 Å². The Hall–Kier alpha value is -0.420. The molecule has 0 aliphatic heterocycles. The van der Waals surface area contributed by atoms with Gasteiger partial charge in [0.2, 0.25) is 5.91 Å². The van der Waals surface area contributed by atoms with Crippen molar-refractivity contribution in [3.8, 4) is 0 Å². The fourth-order valence-electron chi connectivity index (χ4n) is 1.30. The van der Waals surface area contributed by atoms with Crippen molar-refractivity contribution in [3.63, 3.8) is 0 Å². The Morgan fingerprint density at radius 2 is 1.95 bits per heavy atom. The number of thioether (sulfide) groups is 1. The number of amides is 1. The zero-order chi connectivity index (χ0) is 14.4. The normalized spacial score (nSPS) is 13.9. The lowest BCUT2D eigenvalue weighted by Gasteiger charge is -2.14. The van der Waals surface area contributed by atoms with Crippen LogP contribution in [0.3, 0.4) is 0 Å². The first-order chi connectivity index (χ1) is 8.91. The van der Waals surface area contributed by atoms with Gasteiger partial charge in [0.1, 0.15) is 0 Å². The highest BCUT2D eigenvalue weighted by atomic mass is 35.5. The van der Waals surface area contributed by atoms with Gasteiger partial charge in [0.05, 0.1) is 21.8 Å². The molecule has 0 spiro atoms. The van der Waals surface area contributed by atoms with E-state index in [2.05, 4.69) is 5.32 Å². The van der Waals surface area contributed by atoms with Gasteiger partial charge in [0, 0.05) is 17.4 Å². The standard InChI is InChI=1S/C13H17Cl2NO2S/c1-8(17)9(2)19-7-6-12(18)16-13-10(14)4-3-5-11(13)15/h3-5,8-9,17H,6-7H2,1-2H3,(H,16,18). The molecule has 0 aromatic heterocycles. The van der Waals surface area contributed by atoms with E-state index < -0.39 is 0 Å². The van der Waals surface area contributed by atoms with Gasteiger partial charge in [-0.3, -0.25) is 4.79 Å². The fourth-order valence-corrected chi connectivity index (χ4v) is 2.74. The van der Waals surface area contributed by atoms with Gasteiger partial charge < -0.3 is 10.4 Å². The number of hydrogen-bond acceptors (Lipinski definition) is 3. The third-order valence-corrected chi connectivity index (χ3v) is 4.61. The molecule has 19 heavy (non-hydrogen) atoms. The quantitative estimate of drug-likeness (QED) is 0.837. The molecule has 6 heteroatoms. The largest absolute Gasteiger partial charge is 0.392 e. The van der Waals surface area contributed by atoms with E-state index in [1.807, 2.05) is 6.92 Å². The third-order valence-electron chi connectivity index (χ3n) is 2.62. The Labute approximate surface area is 127 Å². The van der Waals surface area contributed by atoms with E-state index in [-0.39, 0.29) is 17.3 Å². The molecule has 0 heterocycles. The fraction of sp³-hybridized carbons (Fsp3) is 0.462. The van der Waals surface area contributed by atoms with Gasteiger partial charge in [0.15, 0.2) is 0 Å². The first-order valence-corrected chi connectivity index (χ1v) is 7.75. The summed E-state index contributed by atoms with van der Waals surface area (Å²) in [6.45, 7) is 3.67. The molecule has 2 unspecified atom stereocenters. The van der Waals surface area contributed by atoms with Crippen LogP contribution in [0.5, 0.6) is 0 Å². The van der Waals surface area contributed by atoms with Crippen molar-refractivity contribution in [2.75, 3.05) is 11.1 Å². The van der Waals surface area contributed by atoms with Crippen LogP contribution < -0.4 is 5.32 Å². The molecule has 0 saturated heterocycles. The predicted molar refractivity (Wildman–Crippen MR) is 83.3 cm³/mol. The molecular weight excluding hydrogens is 305 g/mol. The second-order valence-electron chi connectivity index (χ2n) is 4.21. The molecule has 1 amide bonds. The van der Waals surface area contributed by atoms with Crippen LogP contribution in [0.15, 0.2) is 18.2 Å². The lowest BCUT2D eigenvalue weighted by atomic mass is 10.3. The predicted octanol–water partition coefficient (Wildman–Crippen LogP) is 3.82. The first kappa shape index (κ1) is 16.6. The summed E-state index contributed by atoms with van der Waals surface area (Å²) >= 11 is 13.5. The van der Waals surface area contributed by atoms with Gasteiger partial charge in [-0.15, -0.1) is 0 Å². The number of aliphatic hydroxyl groups is 1. The number of carbonyl (C=O) groups excluding carboxylic acids is 1. The molecule has 3 nitrogen and oxygen atoms in total. The van der Waals surface area contributed by atoms with E-state index >= 15 is 0 Å². The topological polar surface area (TPSA) is 49.3 Å². The summed E-state index contributed by atoms with van der Waals surface area (Å²) in [5.74, 6) is 0.500. The molecule has 1 rings (SSSR count). The third kappa shape index (κ3) is 5.61. The lowest BCUT2D eigenvalue weighted by Crippen LogP contribution is -2.18. The molecule has 0 fully saturated rings. The Morgan fingerprint density at radius 1 is 1.37 bits per heavy atom. The van der Waals surface area contributed by atoms with E-state index in [0.29, 0.717) is 27.9 Å². The highest BCUT2D eigenvalue weighted by Crippen LogP contribution is 2.30. The Kier molecular flexibility index (Phi) is 7.00. The van der Waals surface area contributed by atoms with Crippen molar-refractivity contribution in [1.29, 1.82) is 0 Å². The van der Waals surface area contributed by atoms with E-state index in [1.54, 1.807) is 36.9 Å². The van der Waals surface area contributed by atoms with E-state index in [1.165, 1.54) is 0 Å². The smallest absolute Gasteiger partial charge is 0.225 e. The number of hydrogen-bond donors (Lipinski definition) is 2. The van der Waals surface area contributed by atoms with Crippen LogP contribution in [0, 0.1) is 0 Å². The van der Waals surface area contributed by atoms with Crippen molar-refractivity contribution < 1.29 is 9.90 Å². The summed E-state index contributed by atoms with van der Waals surface area (Å²) in [6, 6.07) is 5.07. The number of nitrogens with one attached hydrogen (secondary N) is 1. The van der Waals surface area contributed by atoms with Crippen LogP contribution >= 0.6 is 35.0 Å². The maximum absolute atomic E-state index is 11.8.